The van der Waals surface area contributed by atoms with Crippen molar-refractivity contribution in [1.29, 1.82) is 0 Å². The van der Waals surface area contributed by atoms with Gasteiger partial charge < -0.3 is 0 Å². The Morgan fingerprint density at radius 1 is 1.11 bits per heavy atom. The minimum absolute atomic E-state index is 0.957. The summed E-state index contributed by atoms with van der Waals surface area (Å²) in [5.74, 6) is 0. The number of pyridine rings is 1. The smallest absolute Gasteiger partial charge is 0.138 e. The average Bonchev–Trinajstić information content (AvgIpc) is 2.84. The molecule has 1 aromatic carbocycles. The summed E-state index contributed by atoms with van der Waals surface area (Å²) in [5, 5.41) is 0. The van der Waals surface area contributed by atoms with Gasteiger partial charge >= 0.3 is 0 Å². The third-order valence-corrected chi connectivity index (χ3v) is 3.75. The summed E-state index contributed by atoms with van der Waals surface area (Å²) in [5.41, 5.74) is 4.47. The van der Waals surface area contributed by atoms with Gasteiger partial charge in [0, 0.05) is 11.8 Å². The minimum Gasteiger partial charge on any atom is -0.293 e. The Morgan fingerprint density at radius 2 is 1.89 bits per heavy atom. The van der Waals surface area contributed by atoms with Gasteiger partial charge in [-0.25, -0.2) is 4.98 Å². The first-order valence-electron chi connectivity index (χ1n) is 6.01. The summed E-state index contributed by atoms with van der Waals surface area (Å²) in [7, 11) is 0. The number of halogens is 1. The second-order valence-corrected chi connectivity index (χ2v) is 5.07. The molecular formula is C15H13BrN2. The number of nitrogens with zero attached hydrogens (tertiary/aromatic N) is 2. The van der Waals surface area contributed by atoms with Gasteiger partial charge in [0.15, 0.2) is 0 Å². The Balaban J connectivity index is 2.10. The predicted molar refractivity (Wildman–Crippen MR) is 77.7 cm³/mol. The Bertz CT molecular complexity index is 683. The molecule has 0 unspecified atom stereocenters. The third kappa shape index (κ3) is 1.95. The topological polar surface area (TPSA) is 17.3 Å². The zero-order valence-electron chi connectivity index (χ0n) is 10.1. The Labute approximate surface area is 114 Å². The van der Waals surface area contributed by atoms with Gasteiger partial charge in [-0.15, -0.1) is 0 Å². The fourth-order valence-electron chi connectivity index (χ4n) is 2.03. The normalized spacial score (nSPS) is 11.0. The molecule has 0 bridgehead atoms. The van der Waals surface area contributed by atoms with Crippen LogP contribution in [0.1, 0.15) is 12.5 Å². The Morgan fingerprint density at radius 3 is 2.56 bits per heavy atom. The number of aryl methyl sites for hydroxylation is 1. The zero-order chi connectivity index (χ0) is 12.5. The molecule has 3 aromatic rings. The van der Waals surface area contributed by atoms with Crippen molar-refractivity contribution in [3.05, 3.63) is 58.8 Å². The third-order valence-electron chi connectivity index (χ3n) is 3.10. The van der Waals surface area contributed by atoms with Gasteiger partial charge in [-0.2, -0.15) is 0 Å². The summed E-state index contributed by atoms with van der Waals surface area (Å²) in [6, 6.07) is 14.6. The van der Waals surface area contributed by atoms with E-state index in [1.54, 1.807) is 0 Å². The fraction of sp³-hybridized carbons (Fsp3) is 0.133. The molecule has 0 saturated heterocycles. The van der Waals surface area contributed by atoms with Gasteiger partial charge in [-0.05, 0) is 40.0 Å². The first-order valence-corrected chi connectivity index (χ1v) is 6.80. The summed E-state index contributed by atoms with van der Waals surface area (Å²) in [6.45, 7) is 2.16. The van der Waals surface area contributed by atoms with E-state index in [0.717, 1.165) is 27.9 Å². The number of benzene rings is 1. The lowest BCUT2D eigenvalue weighted by Crippen LogP contribution is -1.82. The van der Waals surface area contributed by atoms with Crippen LogP contribution in [0.5, 0.6) is 0 Å². The molecule has 0 spiro atoms. The number of hydrogen-bond donors (Lipinski definition) is 0. The van der Waals surface area contributed by atoms with Crippen LogP contribution in [0.2, 0.25) is 0 Å². The number of fused-ring (bicyclic) bond motifs is 1. The maximum atomic E-state index is 4.63. The van der Waals surface area contributed by atoms with E-state index in [0.29, 0.717) is 0 Å². The van der Waals surface area contributed by atoms with Crippen LogP contribution < -0.4 is 0 Å². The molecule has 0 atom stereocenters. The highest BCUT2D eigenvalue weighted by atomic mass is 79.9. The molecule has 90 valence electrons. The molecule has 3 rings (SSSR count). The Kier molecular flexibility index (Phi) is 2.92. The van der Waals surface area contributed by atoms with Crippen LogP contribution >= 0.6 is 15.9 Å². The van der Waals surface area contributed by atoms with E-state index in [1.165, 1.54) is 5.56 Å². The van der Waals surface area contributed by atoms with Crippen LogP contribution in [0.25, 0.3) is 16.9 Å². The molecule has 0 amide bonds. The molecule has 18 heavy (non-hydrogen) atoms. The lowest BCUT2D eigenvalue weighted by Gasteiger charge is -1.98. The second-order valence-electron chi connectivity index (χ2n) is 4.25. The number of imidazole rings is 1. The van der Waals surface area contributed by atoms with Crippen molar-refractivity contribution in [2.24, 2.45) is 0 Å². The van der Waals surface area contributed by atoms with Crippen molar-refractivity contribution in [2.45, 2.75) is 13.3 Å². The van der Waals surface area contributed by atoms with Gasteiger partial charge in [0.05, 0.1) is 10.3 Å². The van der Waals surface area contributed by atoms with E-state index in [-0.39, 0.29) is 0 Å². The second kappa shape index (κ2) is 4.58. The van der Waals surface area contributed by atoms with E-state index < -0.39 is 0 Å². The van der Waals surface area contributed by atoms with Crippen molar-refractivity contribution in [1.82, 2.24) is 9.38 Å². The highest BCUT2D eigenvalue weighted by Gasteiger charge is 2.05. The van der Waals surface area contributed by atoms with E-state index in [4.69, 9.17) is 0 Å². The van der Waals surface area contributed by atoms with Crippen LogP contribution in [0.4, 0.5) is 0 Å². The van der Waals surface area contributed by atoms with Crippen LogP contribution in [0.15, 0.2) is 53.3 Å². The van der Waals surface area contributed by atoms with Crippen LogP contribution in [0, 0.1) is 0 Å². The van der Waals surface area contributed by atoms with Gasteiger partial charge in [0.1, 0.15) is 5.65 Å². The number of rotatable bonds is 2. The van der Waals surface area contributed by atoms with Crippen molar-refractivity contribution < 1.29 is 0 Å². The average molecular weight is 301 g/mol. The number of aromatic nitrogens is 2. The lowest BCUT2D eigenvalue weighted by atomic mass is 10.1. The largest absolute Gasteiger partial charge is 0.293 e. The monoisotopic (exact) mass is 300 g/mol. The first kappa shape index (κ1) is 11.5. The number of hydrogen-bond acceptors (Lipinski definition) is 1. The van der Waals surface area contributed by atoms with Gasteiger partial charge in [-0.1, -0.05) is 37.3 Å². The molecule has 0 radical (unpaired) electrons. The molecule has 0 saturated carbocycles. The van der Waals surface area contributed by atoms with E-state index in [1.807, 2.05) is 22.6 Å². The zero-order valence-corrected chi connectivity index (χ0v) is 11.7. The first-order chi connectivity index (χ1) is 8.78. The maximum absolute atomic E-state index is 4.63. The lowest BCUT2D eigenvalue weighted by molar-refractivity contribution is 1.14. The summed E-state index contributed by atoms with van der Waals surface area (Å²) < 4.78 is 3.06. The molecule has 0 N–H and O–H groups in total. The predicted octanol–water partition coefficient (Wildman–Crippen LogP) is 4.33. The van der Waals surface area contributed by atoms with Gasteiger partial charge in [0.2, 0.25) is 0 Å². The van der Waals surface area contributed by atoms with Crippen molar-refractivity contribution in [3.8, 4) is 11.3 Å². The van der Waals surface area contributed by atoms with Crippen LogP contribution in [-0.2, 0) is 6.42 Å². The summed E-state index contributed by atoms with van der Waals surface area (Å²) in [4.78, 5) is 4.63. The molecule has 3 heteroatoms. The van der Waals surface area contributed by atoms with E-state index >= 15 is 0 Å². The molecule has 0 aliphatic carbocycles. The maximum Gasteiger partial charge on any atom is 0.138 e. The minimum atomic E-state index is 0.957. The molecule has 2 aromatic heterocycles. The highest BCUT2D eigenvalue weighted by Crippen LogP contribution is 2.22. The molecule has 2 nitrogen and oxygen atoms in total. The van der Waals surface area contributed by atoms with Crippen LogP contribution in [0.3, 0.4) is 0 Å². The van der Waals surface area contributed by atoms with Gasteiger partial charge in [-0.3, -0.25) is 4.40 Å². The van der Waals surface area contributed by atoms with Crippen molar-refractivity contribution in [2.75, 3.05) is 0 Å². The molecule has 2 heterocycles. The molecular weight excluding hydrogens is 288 g/mol. The van der Waals surface area contributed by atoms with E-state index in [9.17, 15) is 0 Å². The summed E-state index contributed by atoms with van der Waals surface area (Å²) >= 11 is 3.53. The Hall–Kier alpha value is -1.61. The molecule has 0 aliphatic heterocycles. The SMILES string of the molecule is CCc1ccc(-c2cn3c(Br)cccc3n2)cc1. The van der Waals surface area contributed by atoms with Crippen molar-refractivity contribution in [3.63, 3.8) is 0 Å². The van der Waals surface area contributed by atoms with Gasteiger partial charge in [0.25, 0.3) is 0 Å². The quantitative estimate of drug-likeness (QED) is 0.644. The standard InChI is InChI=1S/C15H13BrN2/c1-2-11-6-8-12(9-7-11)13-10-18-14(16)4-3-5-15(18)17-13/h3-10H,2H2,1H3. The van der Waals surface area contributed by atoms with Crippen LogP contribution in [-0.4, -0.2) is 9.38 Å². The fourth-order valence-corrected chi connectivity index (χ4v) is 2.46. The van der Waals surface area contributed by atoms with Crippen molar-refractivity contribution >= 4 is 21.6 Å². The molecule has 0 fully saturated rings. The molecule has 0 aliphatic rings. The van der Waals surface area contributed by atoms with E-state index in [2.05, 4.69) is 58.3 Å². The summed E-state index contributed by atoms with van der Waals surface area (Å²) in [6.07, 6.45) is 3.12. The highest BCUT2D eigenvalue weighted by molar-refractivity contribution is 9.10.